The Morgan fingerprint density at radius 3 is 2.03 bits per heavy atom. The number of hydrogen-bond donors (Lipinski definition) is 3. The molecule has 7 nitrogen and oxygen atoms in total. The van der Waals surface area contributed by atoms with Crippen LogP contribution in [0.5, 0.6) is 0 Å². The van der Waals surface area contributed by atoms with Gasteiger partial charge in [0.05, 0.1) is 5.69 Å². The van der Waals surface area contributed by atoms with Crippen LogP contribution in [0.4, 0.5) is 0 Å². The van der Waals surface area contributed by atoms with Crippen molar-refractivity contribution in [2.45, 2.75) is 19.9 Å². The molecule has 0 spiro atoms. The van der Waals surface area contributed by atoms with E-state index in [4.69, 9.17) is 0 Å². The summed E-state index contributed by atoms with van der Waals surface area (Å²) < 4.78 is 0. The van der Waals surface area contributed by atoms with Gasteiger partial charge in [0.15, 0.2) is 0 Å². The van der Waals surface area contributed by atoms with Crippen LogP contribution in [0.15, 0.2) is 65.5 Å². The maximum Gasteiger partial charge on any atom is 0.326 e. The first-order valence-corrected chi connectivity index (χ1v) is 9.17. The van der Waals surface area contributed by atoms with Crippen LogP contribution < -0.4 is 10.9 Å². The zero-order chi connectivity index (χ0) is 21.0. The van der Waals surface area contributed by atoms with Crippen LogP contribution in [-0.2, 0) is 4.79 Å². The van der Waals surface area contributed by atoms with Crippen LogP contribution in [0.25, 0.3) is 22.4 Å². The van der Waals surface area contributed by atoms with Crippen LogP contribution in [-0.4, -0.2) is 33.2 Å². The molecule has 0 fully saturated rings. The number of aliphatic carboxylic acids is 1. The molecule has 3 N–H and O–H groups in total. The van der Waals surface area contributed by atoms with E-state index in [-0.39, 0.29) is 11.5 Å². The molecule has 2 aromatic carbocycles. The molecule has 0 aliphatic heterocycles. The van der Waals surface area contributed by atoms with Gasteiger partial charge in [-0.05, 0) is 11.5 Å². The monoisotopic (exact) mass is 391 g/mol. The normalized spacial score (nSPS) is 11.8. The second-order valence-electron chi connectivity index (χ2n) is 6.92. The molecule has 1 atom stereocenters. The lowest BCUT2D eigenvalue weighted by Gasteiger charge is -2.19. The fourth-order valence-corrected chi connectivity index (χ4v) is 3.08. The summed E-state index contributed by atoms with van der Waals surface area (Å²) in [6.45, 7) is 3.37. The van der Waals surface area contributed by atoms with Crippen LogP contribution in [0.3, 0.4) is 0 Å². The summed E-state index contributed by atoms with van der Waals surface area (Å²) in [5, 5.41) is 18.4. The van der Waals surface area contributed by atoms with Crippen molar-refractivity contribution in [1.29, 1.82) is 0 Å². The number of aromatic amines is 1. The van der Waals surface area contributed by atoms with E-state index in [0.717, 1.165) is 5.56 Å². The summed E-state index contributed by atoms with van der Waals surface area (Å²) in [7, 11) is 0. The fourth-order valence-electron chi connectivity index (χ4n) is 3.08. The molecular weight excluding hydrogens is 370 g/mol. The van der Waals surface area contributed by atoms with Crippen LogP contribution in [0.2, 0.25) is 0 Å². The van der Waals surface area contributed by atoms with Crippen LogP contribution >= 0.6 is 0 Å². The number of carboxylic acid groups (broad SMARTS) is 1. The molecule has 3 rings (SSSR count). The minimum absolute atomic E-state index is 0.169. The Balaban J connectivity index is 2.22. The summed E-state index contributed by atoms with van der Waals surface area (Å²) in [5.74, 6) is -2.28. The summed E-state index contributed by atoms with van der Waals surface area (Å²) >= 11 is 0. The third-order valence-electron chi connectivity index (χ3n) is 4.54. The lowest BCUT2D eigenvalue weighted by Crippen LogP contribution is -2.46. The van der Waals surface area contributed by atoms with Gasteiger partial charge >= 0.3 is 5.97 Å². The van der Waals surface area contributed by atoms with Gasteiger partial charge in [-0.3, -0.25) is 9.59 Å². The predicted molar refractivity (Wildman–Crippen MR) is 109 cm³/mol. The standard InChI is InChI=1S/C22H21N3O4/c1-13(2)18(22(28)29)23-20(26)17-16(14-9-5-3-6-10-14)19(24-25-21(17)27)15-11-7-4-8-12-15/h3-13,18H,1-2H3,(H,23,26)(H,25,27)(H,28,29). The van der Waals surface area contributed by atoms with E-state index in [1.54, 1.807) is 38.1 Å². The number of nitrogens with one attached hydrogen (secondary N) is 2. The van der Waals surface area contributed by atoms with Crippen molar-refractivity contribution in [3.05, 3.63) is 76.6 Å². The number of rotatable bonds is 6. The van der Waals surface area contributed by atoms with Gasteiger partial charge in [-0.25, -0.2) is 9.89 Å². The Hall–Kier alpha value is -3.74. The average Bonchev–Trinajstić information content (AvgIpc) is 2.72. The van der Waals surface area contributed by atoms with E-state index in [1.807, 2.05) is 36.4 Å². The molecule has 1 aromatic heterocycles. The molecule has 3 aromatic rings. The Kier molecular flexibility index (Phi) is 5.87. The lowest BCUT2D eigenvalue weighted by molar-refractivity contribution is -0.140. The van der Waals surface area contributed by atoms with Crippen LogP contribution in [0, 0.1) is 5.92 Å². The number of carbonyl (C=O) groups is 2. The zero-order valence-corrected chi connectivity index (χ0v) is 16.0. The Labute approximate surface area is 167 Å². The summed E-state index contributed by atoms with van der Waals surface area (Å²) in [6, 6.07) is 17.0. The largest absolute Gasteiger partial charge is 0.480 e. The predicted octanol–water partition coefficient (Wildman–Crippen LogP) is 2.94. The topological polar surface area (TPSA) is 112 Å². The number of carboxylic acids is 1. The highest BCUT2D eigenvalue weighted by Crippen LogP contribution is 2.31. The van der Waals surface area contributed by atoms with E-state index in [1.165, 1.54) is 0 Å². The molecular formula is C22H21N3O4. The molecule has 148 valence electrons. The molecule has 0 saturated carbocycles. The van der Waals surface area contributed by atoms with Gasteiger partial charge in [-0.15, -0.1) is 0 Å². The molecule has 1 amide bonds. The fraction of sp³-hybridized carbons (Fsp3) is 0.182. The van der Waals surface area contributed by atoms with E-state index in [9.17, 15) is 19.5 Å². The summed E-state index contributed by atoms with van der Waals surface area (Å²) in [4.78, 5) is 37.2. The molecule has 0 radical (unpaired) electrons. The van der Waals surface area contributed by atoms with Gasteiger partial charge in [-0.1, -0.05) is 74.5 Å². The summed E-state index contributed by atoms with van der Waals surface area (Å²) in [5.41, 5.74) is 1.27. The zero-order valence-electron chi connectivity index (χ0n) is 16.0. The molecule has 0 aliphatic rings. The molecule has 1 unspecified atom stereocenters. The van der Waals surface area contributed by atoms with Crippen molar-refractivity contribution in [3.63, 3.8) is 0 Å². The van der Waals surface area contributed by atoms with Gasteiger partial charge in [0, 0.05) is 11.1 Å². The first-order valence-electron chi connectivity index (χ1n) is 9.17. The quantitative estimate of drug-likeness (QED) is 0.598. The Morgan fingerprint density at radius 1 is 0.966 bits per heavy atom. The lowest BCUT2D eigenvalue weighted by atomic mass is 9.94. The highest BCUT2D eigenvalue weighted by atomic mass is 16.4. The first kappa shape index (κ1) is 20.0. The molecule has 29 heavy (non-hydrogen) atoms. The van der Waals surface area contributed by atoms with Crippen LogP contribution in [0.1, 0.15) is 24.2 Å². The third-order valence-corrected chi connectivity index (χ3v) is 4.54. The number of nitrogens with zero attached hydrogens (tertiary/aromatic N) is 1. The summed E-state index contributed by atoms with van der Waals surface area (Å²) in [6.07, 6.45) is 0. The molecule has 0 bridgehead atoms. The Morgan fingerprint density at radius 2 is 1.52 bits per heavy atom. The minimum Gasteiger partial charge on any atom is -0.480 e. The van der Waals surface area contributed by atoms with Crippen molar-refractivity contribution >= 4 is 11.9 Å². The number of hydrogen-bond acceptors (Lipinski definition) is 4. The van der Waals surface area contributed by atoms with Crippen molar-refractivity contribution in [1.82, 2.24) is 15.5 Å². The SMILES string of the molecule is CC(C)C(NC(=O)c1c(-c2ccccc2)c(-c2ccccc2)n[nH]c1=O)C(=O)O. The molecule has 0 saturated heterocycles. The van der Waals surface area contributed by atoms with Gasteiger partial charge in [-0.2, -0.15) is 5.10 Å². The second kappa shape index (κ2) is 8.52. The number of carbonyl (C=O) groups excluding carboxylic acids is 1. The number of aromatic nitrogens is 2. The van der Waals surface area contributed by atoms with Gasteiger partial charge in [0.25, 0.3) is 11.5 Å². The molecule has 1 heterocycles. The van der Waals surface area contributed by atoms with E-state index in [2.05, 4.69) is 15.5 Å². The van der Waals surface area contributed by atoms with Crippen molar-refractivity contribution < 1.29 is 14.7 Å². The first-order chi connectivity index (χ1) is 13.9. The van der Waals surface area contributed by atoms with E-state index >= 15 is 0 Å². The van der Waals surface area contributed by atoms with Gasteiger partial charge in [0.1, 0.15) is 11.6 Å². The number of amides is 1. The average molecular weight is 391 g/mol. The maximum atomic E-state index is 13.0. The smallest absolute Gasteiger partial charge is 0.326 e. The highest BCUT2D eigenvalue weighted by Gasteiger charge is 2.28. The highest BCUT2D eigenvalue weighted by molar-refractivity contribution is 6.04. The maximum absolute atomic E-state index is 13.0. The van der Waals surface area contributed by atoms with Crippen molar-refractivity contribution in [2.75, 3.05) is 0 Å². The minimum atomic E-state index is -1.16. The second-order valence-corrected chi connectivity index (χ2v) is 6.92. The Bertz CT molecular complexity index is 1080. The van der Waals surface area contributed by atoms with Gasteiger partial charge < -0.3 is 10.4 Å². The molecule has 0 aliphatic carbocycles. The molecule has 7 heteroatoms. The number of benzene rings is 2. The van der Waals surface area contributed by atoms with E-state index < -0.39 is 23.5 Å². The van der Waals surface area contributed by atoms with Gasteiger partial charge in [0.2, 0.25) is 0 Å². The van der Waals surface area contributed by atoms with Crippen molar-refractivity contribution in [3.8, 4) is 22.4 Å². The third kappa shape index (κ3) is 4.24. The van der Waals surface area contributed by atoms with Crippen molar-refractivity contribution in [2.24, 2.45) is 5.92 Å². The number of H-pyrrole nitrogens is 1. The van der Waals surface area contributed by atoms with E-state index in [0.29, 0.717) is 16.8 Å².